The second kappa shape index (κ2) is 7.56. The standard InChI is InChI=1S/C21H18N4O3S/c1-3-16-24-18-15-8-5-9-22-20(15)29-19(18)21(28)25(16)11-17(27)23-14-7-4-6-13(10-14)12(2)26/h4-10H,3,11H2,1-2H3,(H,23,27). The molecular formula is C21H18N4O3S. The average molecular weight is 406 g/mol. The number of amides is 1. The van der Waals surface area contributed by atoms with Crippen molar-refractivity contribution >= 4 is 49.1 Å². The number of hydrogen-bond acceptors (Lipinski definition) is 6. The van der Waals surface area contributed by atoms with Crippen molar-refractivity contribution in [2.24, 2.45) is 0 Å². The zero-order valence-corrected chi connectivity index (χ0v) is 16.7. The largest absolute Gasteiger partial charge is 0.325 e. The predicted octanol–water partition coefficient (Wildman–Crippen LogP) is 3.41. The maximum atomic E-state index is 13.1. The van der Waals surface area contributed by atoms with Gasteiger partial charge in [0.15, 0.2) is 5.78 Å². The van der Waals surface area contributed by atoms with Crippen molar-refractivity contribution in [2.45, 2.75) is 26.8 Å². The first-order valence-corrected chi connectivity index (χ1v) is 9.97. The summed E-state index contributed by atoms with van der Waals surface area (Å²) in [7, 11) is 0. The van der Waals surface area contributed by atoms with Crippen molar-refractivity contribution in [3.63, 3.8) is 0 Å². The van der Waals surface area contributed by atoms with Gasteiger partial charge in [0.25, 0.3) is 5.56 Å². The number of rotatable bonds is 5. The van der Waals surface area contributed by atoms with Gasteiger partial charge in [-0.05, 0) is 31.2 Å². The van der Waals surface area contributed by atoms with Crippen LogP contribution in [0.4, 0.5) is 5.69 Å². The minimum Gasteiger partial charge on any atom is -0.325 e. The van der Waals surface area contributed by atoms with Gasteiger partial charge in [0.05, 0.1) is 5.52 Å². The van der Waals surface area contributed by atoms with Gasteiger partial charge in [-0.15, -0.1) is 11.3 Å². The van der Waals surface area contributed by atoms with Crippen LogP contribution >= 0.6 is 11.3 Å². The van der Waals surface area contributed by atoms with Crippen LogP contribution in [0.5, 0.6) is 0 Å². The highest BCUT2D eigenvalue weighted by atomic mass is 32.1. The quantitative estimate of drug-likeness (QED) is 0.513. The number of carbonyl (C=O) groups excluding carboxylic acids is 2. The summed E-state index contributed by atoms with van der Waals surface area (Å²) in [4.78, 5) is 46.9. The number of pyridine rings is 1. The number of aromatic nitrogens is 3. The Morgan fingerprint density at radius 2 is 2.03 bits per heavy atom. The van der Waals surface area contributed by atoms with E-state index in [0.717, 1.165) is 10.2 Å². The molecule has 4 aromatic rings. The summed E-state index contributed by atoms with van der Waals surface area (Å²) in [5.74, 6) is 0.0974. The van der Waals surface area contributed by atoms with E-state index in [1.54, 1.807) is 30.5 Å². The molecule has 0 spiro atoms. The Bertz CT molecular complexity index is 1320. The molecule has 8 heteroatoms. The lowest BCUT2D eigenvalue weighted by Crippen LogP contribution is -2.30. The van der Waals surface area contributed by atoms with Crippen molar-refractivity contribution in [3.05, 3.63) is 64.3 Å². The first-order chi connectivity index (χ1) is 14.0. The van der Waals surface area contributed by atoms with Crippen LogP contribution in [0.15, 0.2) is 47.4 Å². The molecule has 7 nitrogen and oxygen atoms in total. The molecule has 146 valence electrons. The molecule has 0 aliphatic heterocycles. The van der Waals surface area contributed by atoms with Crippen LogP contribution in [0.2, 0.25) is 0 Å². The molecule has 0 saturated carbocycles. The molecule has 3 aromatic heterocycles. The van der Waals surface area contributed by atoms with Crippen molar-refractivity contribution in [3.8, 4) is 0 Å². The molecule has 0 atom stereocenters. The molecule has 1 N–H and O–H groups in total. The number of thiophene rings is 1. The van der Waals surface area contributed by atoms with Gasteiger partial charge in [-0.2, -0.15) is 0 Å². The van der Waals surface area contributed by atoms with E-state index in [0.29, 0.717) is 33.7 Å². The van der Waals surface area contributed by atoms with E-state index < -0.39 is 0 Å². The van der Waals surface area contributed by atoms with Gasteiger partial charge in [-0.1, -0.05) is 19.1 Å². The minimum atomic E-state index is -0.358. The van der Waals surface area contributed by atoms with Crippen LogP contribution in [0.25, 0.3) is 20.4 Å². The van der Waals surface area contributed by atoms with E-state index in [4.69, 9.17) is 0 Å². The van der Waals surface area contributed by atoms with Crippen LogP contribution < -0.4 is 10.9 Å². The Morgan fingerprint density at radius 1 is 1.21 bits per heavy atom. The molecular weight excluding hydrogens is 388 g/mol. The van der Waals surface area contributed by atoms with Gasteiger partial charge in [-0.25, -0.2) is 9.97 Å². The number of aryl methyl sites for hydroxylation is 1. The Hall–Kier alpha value is -3.39. The molecule has 29 heavy (non-hydrogen) atoms. The van der Waals surface area contributed by atoms with E-state index in [2.05, 4.69) is 15.3 Å². The minimum absolute atomic E-state index is 0.0846. The summed E-state index contributed by atoms with van der Waals surface area (Å²) >= 11 is 1.28. The monoisotopic (exact) mass is 406 g/mol. The van der Waals surface area contributed by atoms with Crippen molar-refractivity contribution in [2.75, 3.05) is 5.32 Å². The number of carbonyl (C=O) groups is 2. The Balaban J connectivity index is 1.70. The molecule has 0 radical (unpaired) electrons. The van der Waals surface area contributed by atoms with Gasteiger partial charge in [0.2, 0.25) is 5.91 Å². The molecule has 4 rings (SSSR count). The lowest BCUT2D eigenvalue weighted by atomic mass is 10.1. The lowest BCUT2D eigenvalue weighted by Gasteiger charge is -2.12. The number of fused-ring (bicyclic) bond motifs is 3. The molecule has 3 heterocycles. The number of nitrogens with zero attached hydrogens (tertiary/aromatic N) is 3. The fraction of sp³-hybridized carbons (Fsp3) is 0.190. The number of benzene rings is 1. The topological polar surface area (TPSA) is 93.9 Å². The van der Waals surface area contributed by atoms with Crippen LogP contribution in [-0.2, 0) is 17.8 Å². The van der Waals surface area contributed by atoms with Crippen LogP contribution in [0, 0.1) is 0 Å². The molecule has 0 bridgehead atoms. The molecule has 0 unspecified atom stereocenters. The van der Waals surface area contributed by atoms with Crippen molar-refractivity contribution in [1.82, 2.24) is 14.5 Å². The molecule has 0 saturated heterocycles. The van der Waals surface area contributed by atoms with Crippen LogP contribution in [-0.4, -0.2) is 26.2 Å². The Kier molecular flexibility index (Phi) is 4.94. The first-order valence-electron chi connectivity index (χ1n) is 9.15. The molecule has 0 fully saturated rings. The highest BCUT2D eigenvalue weighted by Crippen LogP contribution is 2.28. The highest BCUT2D eigenvalue weighted by molar-refractivity contribution is 7.25. The van der Waals surface area contributed by atoms with Gasteiger partial charge in [-0.3, -0.25) is 19.0 Å². The summed E-state index contributed by atoms with van der Waals surface area (Å²) in [6.45, 7) is 3.21. The summed E-state index contributed by atoms with van der Waals surface area (Å²) < 4.78 is 1.89. The van der Waals surface area contributed by atoms with Gasteiger partial charge < -0.3 is 5.32 Å². The normalized spacial score (nSPS) is 11.1. The summed E-state index contributed by atoms with van der Waals surface area (Å²) in [6.07, 6.45) is 2.19. The van der Waals surface area contributed by atoms with E-state index in [-0.39, 0.29) is 23.8 Å². The maximum absolute atomic E-state index is 13.1. The summed E-state index contributed by atoms with van der Waals surface area (Å²) in [6, 6.07) is 10.4. The van der Waals surface area contributed by atoms with Crippen LogP contribution in [0.1, 0.15) is 30.0 Å². The van der Waals surface area contributed by atoms with Gasteiger partial charge in [0.1, 0.15) is 21.9 Å². The fourth-order valence-corrected chi connectivity index (χ4v) is 4.23. The number of nitrogens with one attached hydrogen (secondary N) is 1. The van der Waals surface area contributed by atoms with Crippen molar-refractivity contribution in [1.29, 1.82) is 0 Å². The average Bonchev–Trinajstić information content (AvgIpc) is 3.09. The Labute approximate surface area is 170 Å². The third-order valence-corrected chi connectivity index (χ3v) is 5.69. The van der Waals surface area contributed by atoms with E-state index >= 15 is 0 Å². The SMILES string of the molecule is CCc1nc2c(sc3ncccc32)c(=O)n1CC(=O)Nc1cccc(C(C)=O)c1. The predicted molar refractivity (Wildman–Crippen MR) is 114 cm³/mol. The highest BCUT2D eigenvalue weighted by Gasteiger charge is 2.17. The first kappa shape index (κ1) is 18.9. The van der Waals surface area contributed by atoms with Gasteiger partial charge in [0, 0.05) is 29.3 Å². The molecule has 0 aliphatic rings. The fourth-order valence-electron chi connectivity index (χ4n) is 3.20. The van der Waals surface area contributed by atoms with E-state index in [9.17, 15) is 14.4 Å². The second-order valence-corrected chi connectivity index (χ2v) is 7.59. The molecule has 1 aromatic carbocycles. The lowest BCUT2D eigenvalue weighted by molar-refractivity contribution is -0.116. The third kappa shape index (κ3) is 3.54. The van der Waals surface area contributed by atoms with Crippen molar-refractivity contribution < 1.29 is 9.59 Å². The zero-order valence-electron chi connectivity index (χ0n) is 15.9. The number of ketones is 1. The maximum Gasteiger partial charge on any atom is 0.272 e. The molecule has 1 amide bonds. The Morgan fingerprint density at radius 3 is 2.79 bits per heavy atom. The zero-order chi connectivity index (χ0) is 20.5. The molecule has 0 aliphatic carbocycles. The number of Topliss-reactive ketones (excluding diaryl/α,β-unsaturated/α-hetero) is 1. The summed E-state index contributed by atoms with van der Waals surface area (Å²) in [5, 5.41) is 3.60. The second-order valence-electron chi connectivity index (χ2n) is 6.59. The van der Waals surface area contributed by atoms with Gasteiger partial charge >= 0.3 is 0 Å². The van der Waals surface area contributed by atoms with E-state index in [1.165, 1.54) is 22.8 Å². The van der Waals surface area contributed by atoms with Crippen LogP contribution in [0.3, 0.4) is 0 Å². The summed E-state index contributed by atoms with van der Waals surface area (Å²) in [5.41, 5.74) is 1.40. The third-order valence-electron chi connectivity index (χ3n) is 4.60. The van der Waals surface area contributed by atoms with E-state index in [1.807, 2.05) is 19.1 Å². The smallest absolute Gasteiger partial charge is 0.272 e. The number of hydrogen-bond donors (Lipinski definition) is 1. The number of anilines is 1.